The van der Waals surface area contributed by atoms with E-state index in [1.807, 2.05) is 20.8 Å². The van der Waals surface area contributed by atoms with Crippen molar-refractivity contribution in [1.82, 2.24) is 5.32 Å². The standard InChI is InChI=1S/C15H20ClNO3/c1-9(2)10(3)17-15(19)8-20-14-6-5-12(16)7-13(14)11(4)18/h5-7,9-10H,8H2,1-4H3,(H,17,19). The molecule has 1 amide bonds. The maximum absolute atomic E-state index is 11.7. The molecule has 1 aromatic rings. The van der Waals surface area contributed by atoms with Gasteiger partial charge < -0.3 is 10.1 Å². The first-order valence-electron chi connectivity index (χ1n) is 6.54. The van der Waals surface area contributed by atoms with Crippen LogP contribution in [0.3, 0.4) is 0 Å². The average Bonchev–Trinajstić information content (AvgIpc) is 2.36. The van der Waals surface area contributed by atoms with E-state index >= 15 is 0 Å². The third-order valence-corrected chi connectivity index (χ3v) is 3.30. The lowest BCUT2D eigenvalue weighted by molar-refractivity contribution is -0.124. The molecule has 0 saturated heterocycles. The molecule has 0 heterocycles. The highest BCUT2D eigenvalue weighted by Gasteiger charge is 2.13. The Bertz CT molecular complexity index is 500. The van der Waals surface area contributed by atoms with Gasteiger partial charge in [-0.2, -0.15) is 0 Å². The van der Waals surface area contributed by atoms with Crippen LogP contribution < -0.4 is 10.1 Å². The molecular formula is C15H20ClNO3. The lowest BCUT2D eigenvalue weighted by Gasteiger charge is -2.18. The van der Waals surface area contributed by atoms with Gasteiger partial charge in [0, 0.05) is 11.1 Å². The number of rotatable bonds is 6. The van der Waals surface area contributed by atoms with Crippen LogP contribution in [-0.2, 0) is 4.79 Å². The van der Waals surface area contributed by atoms with Crippen molar-refractivity contribution in [2.75, 3.05) is 6.61 Å². The van der Waals surface area contributed by atoms with E-state index in [2.05, 4.69) is 5.32 Å². The number of benzene rings is 1. The van der Waals surface area contributed by atoms with Crippen molar-refractivity contribution >= 4 is 23.3 Å². The largest absolute Gasteiger partial charge is 0.483 e. The molecule has 20 heavy (non-hydrogen) atoms. The van der Waals surface area contributed by atoms with Gasteiger partial charge in [-0.05, 0) is 38.0 Å². The third kappa shape index (κ3) is 4.85. The Labute approximate surface area is 124 Å². The maximum atomic E-state index is 11.7. The van der Waals surface area contributed by atoms with Crippen molar-refractivity contribution in [2.45, 2.75) is 33.7 Å². The SMILES string of the molecule is CC(=O)c1cc(Cl)ccc1OCC(=O)NC(C)C(C)C. The normalized spacial score (nSPS) is 12.1. The lowest BCUT2D eigenvalue weighted by Crippen LogP contribution is -2.39. The molecule has 1 aromatic carbocycles. The number of hydrogen-bond acceptors (Lipinski definition) is 3. The number of nitrogens with one attached hydrogen (secondary N) is 1. The van der Waals surface area contributed by atoms with E-state index in [4.69, 9.17) is 16.3 Å². The summed E-state index contributed by atoms with van der Waals surface area (Å²) >= 11 is 5.84. The minimum Gasteiger partial charge on any atom is -0.483 e. The Morgan fingerprint density at radius 3 is 2.50 bits per heavy atom. The fraction of sp³-hybridized carbons (Fsp3) is 0.467. The summed E-state index contributed by atoms with van der Waals surface area (Å²) in [5, 5.41) is 3.29. The minimum atomic E-state index is -0.212. The fourth-order valence-corrected chi connectivity index (χ4v) is 1.68. The number of amides is 1. The number of ether oxygens (including phenoxy) is 1. The quantitative estimate of drug-likeness (QED) is 0.821. The number of carbonyl (C=O) groups excluding carboxylic acids is 2. The summed E-state index contributed by atoms with van der Waals surface area (Å²) in [6, 6.07) is 4.83. The van der Waals surface area contributed by atoms with E-state index in [-0.39, 0.29) is 24.3 Å². The summed E-state index contributed by atoms with van der Waals surface area (Å²) in [7, 11) is 0. The summed E-state index contributed by atoms with van der Waals surface area (Å²) in [6.07, 6.45) is 0. The highest BCUT2D eigenvalue weighted by Crippen LogP contribution is 2.23. The van der Waals surface area contributed by atoms with Gasteiger partial charge in [-0.15, -0.1) is 0 Å². The zero-order valence-electron chi connectivity index (χ0n) is 12.2. The molecule has 0 aromatic heterocycles. The van der Waals surface area contributed by atoms with Crippen LogP contribution in [0.1, 0.15) is 38.1 Å². The maximum Gasteiger partial charge on any atom is 0.258 e. The van der Waals surface area contributed by atoms with Gasteiger partial charge in [-0.1, -0.05) is 25.4 Å². The molecule has 0 spiro atoms. The van der Waals surface area contributed by atoms with E-state index in [0.717, 1.165) is 0 Å². The molecule has 0 aliphatic rings. The fourth-order valence-electron chi connectivity index (χ4n) is 1.51. The third-order valence-electron chi connectivity index (χ3n) is 3.07. The zero-order chi connectivity index (χ0) is 15.3. The van der Waals surface area contributed by atoms with Crippen molar-refractivity contribution in [2.24, 2.45) is 5.92 Å². The van der Waals surface area contributed by atoms with Crippen LogP contribution in [0.5, 0.6) is 5.75 Å². The zero-order valence-corrected chi connectivity index (χ0v) is 13.0. The molecule has 1 rings (SSSR count). The monoisotopic (exact) mass is 297 g/mol. The van der Waals surface area contributed by atoms with E-state index in [1.54, 1.807) is 12.1 Å². The first-order chi connectivity index (χ1) is 9.31. The van der Waals surface area contributed by atoms with E-state index in [0.29, 0.717) is 22.3 Å². The van der Waals surface area contributed by atoms with Crippen molar-refractivity contribution < 1.29 is 14.3 Å². The van der Waals surface area contributed by atoms with Gasteiger partial charge in [0.1, 0.15) is 5.75 Å². The summed E-state index contributed by atoms with van der Waals surface area (Å²) < 4.78 is 5.40. The summed E-state index contributed by atoms with van der Waals surface area (Å²) in [4.78, 5) is 23.2. The average molecular weight is 298 g/mol. The predicted octanol–water partition coefficient (Wildman–Crippen LogP) is 3.08. The molecular weight excluding hydrogens is 278 g/mol. The van der Waals surface area contributed by atoms with Gasteiger partial charge >= 0.3 is 0 Å². The van der Waals surface area contributed by atoms with Crippen LogP contribution in [0.2, 0.25) is 5.02 Å². The minimum absolute atomic E-state index is 0.0728. The van der Waals surface area contributed by atoms with Gasteiger partial charge in [0.05, 0.1) is 5.56 Å². The number of Topliss-reactive ketones (excluding diaryl/α,β-unsaturated/α-hetero) is 1. The number of ketones is 1. The highest BCUT2D eigenvalue weighted by atomic mass is 35.5. The molecule has 1 unspecified atom stereocenters. The molecule has 0 aliphatic heterocycles. The summed E-state index contributed by atoms with van der Waals surface area (Å²) in [6.45, 7) is 7.29. The molecule has 0 aliphatic carbocycles. The van der Waals surface area contributed by atoms with Crippen LogP contribution in [0.25, 0.3) is 0 Å². The van der Waals surface area contributed by atoms with Crippen LogP contribution in [-0.4, -0.2) is 24.3 Å². The smallest absolute Gasteiger partial charge is 0.258 e. The Morgan fingerprint density at radius 2 is 1.95 bits per heavy atom. The van der Waals surface area contributed by atoms with Gasteiger partial charge in [0.15, 0.2) is 12.4 Å². The van der Waals surface area contributed by atoms with Crippen molar-refractivity contribution in [1.29, 1.82) is 0 Å². The lowest BCUT2D eigenvalue weighted by atomic mass is 10.1. The van der Waals surface area contributed by atoms with E-state index in [9.17, 15) is 9.59 Å². The molecule has 0 radical (unpaired) electrons. The number of hydrogen-bond donors (Lipinski definition) is 1. The van der Waals surface area contributed by atoms with Crippen LogP contribution in [0, 0.1) is 5.92 Å². The van der Waals surface area contributed by atoms with Crippen molar-refractivity contribution in [3.05, 3.63) is 28.8 Å². The topological polar surface area (TPSA) is 55.4 Å². The molecule has 0 saturated carbocycles. The second-order valence-electron chi connectivity index (χ2n) is 5.09. The van der Waals surface area contributed by atoms with Gasteiger partial charge in [0.25, 0.3) is 5.91 Å². The van der Waals surface area contributed by atoms with E-state index < -0.39 is 0 Å². The van der Waals surface area contributed by atoms with Gasteiger partial charge in [-0.3, -0.25) is 9.59 Å². The molecule has 0 fully saturated rings. The van der Waals surface area contributed by atoms with Gasteiger partial charge in [0.2, 0.25) is 0 Å². The second kappa shape index (κ2) is 7.29. The highest BCUT2D eigenvalue weighted by molar-refractivity contribution is 6.31. The van der Waals surface area contributed by atoms with Crippen molar-refractivity contribution in [3.63, 3.8) is 0 Å². The summed E-state index contributed by atoms with van der Waals surface area (Å²) in [5.41, 5.74) is 0.377. The predicted molar refractivity (Wildman–Crippen MR) is 79.4 cm³/mol. The number of carbonyl (C=O) groups is 2. The molecule has 4 nitrogen and oxygen atoms in total. The van der Waals surface area contributed by atoms with Crippen LogP contribution >= 0.6 is 11.6 Å². The molecule has 5 heteroatoms. The molecule has 110 valence electrons. The van der Waals surface area contributed by atoms with Gasteiger partial charge in [-0.25, -0.2) is 0 Å². The van der Waals surface area contributed by atoms with E-state index in [1.165, 1.54) is 13.0 Å². The Morgan fingerprint density at radius 1 is 1.30 bits per heavy atom. The second-order valence-corrected chi connectivity index (χ2v) is 5.52. The first kappa shape index (κ1) is 16.5. The van der Waals surface area contributed by atoms with Crippen LogP contribution in [0.15, 0.2) is 18.2 Å². The Hall–Kier alpha value is -1.55. The van der Waals surface area contributed by atoms with Crippen LogP contribution in [0.4, 0.5) is 0 Å². The Kier molecular flexibility index (Phi) is 6.02. The van der Waals surface area contributed by atoms with Crippen molar-refractivity contribution in [3.8, 4) is 5.75 Å². The number of halogens is 1. The Balaban J connectivity index is 2.66. The first-order valence-corrected chi connectivity index (χ1v) is 6.91. The molecule has 0 bridgehead atoms. The summed E-state index contributed by atoms with van der Waals surface area (Å²) in [5.74, 6) is 0.352. The molecule has 1 N–H and O–H groups in total. The molecule has 1 atom stereocenters.